The maximum absolute atomic E-state index is 12.3. The van der Waals surface area contributed by atoms with Crippen molar-refractivity contribution in [1.29, 1.82) is 5.26 Å². The molecule has 0 saturated heterocycles. The summed E-state index contributed by atoms with van der Waals surface area (Å²) in [6.45, 7) is 5.32. The summed E-state index contributed by atoms with van der Waals surface area (Å²) in [5, 5.41) is 8.68. The zero-order valence-electron chi connectivity index (χ0n) is 12.4. The van der Waals surface area contributed by atoms with Crippen LogP contribution in [0.15, 0.2) is 24.3 Å². The summed E-state index contributed by atoms with van der Waals surface area (Å²) in [6.07, 6.45) is 0.714. The first kappa shape index (κ1) is 16.0. The van der Waals surface area contributed by atoms with Gasteiger partial charge in [-0.25, -0.2) is 0 Å². The van der Waals surface area contributed by atoms with Crippen molar-refractivity contribution in [3.8, 4) is 11.8 Å². The number of amides is 1. The Kier molecular flexibility index (Phi) is 6.58. The Morgan fingerprint density at radius 3 is 2.80 bits per heavy atom. The second-order valence-electron chi connectivity index (χ2n) is 5.17. The van der Waals surface area contributed by atoms with E-state index in [-0.39, 0.29) is 5.91 Å². The molecule has 0 aliphatic rings. The number of carbonyl (C=O) groups excluding carboxylic acids is 1. The van der Waals surface area contributed by atoms with Crippen LogP contribution in [0, 0.1) is 17.2 Å². The standard InChI is InChI=1S/C16H22N2O2/c1-13(2)12-18(9-5-8-17)16(19)11-14-6-4-7-15(10-14)20-3/h4,6-7,10,13H,5,9,11-12H2,1-3H3. The maximum Gasteiger partial charge on any atom is 0.227 e. The summed E-state index contributed by atoms with van der Waals surface area (Å²) < 4.78 is 5.16. The largest absolute Gasteiger partial charge is 0.497 e. The van der Waals surface area contributed by atoms with E-state index < -0.39 is 0 Å². The molecule has 1 rings (SSSR count). The summed E-state index contributed by atoms with van der Waals surface area (Å²) in [6, 6.07) is 9.62. The summed E-state index contributed by atoms with van der Waals surface area (Å²) in [5.41, 5.74) is 0.931. The average Bonchev–Trinajstić information content (AvgIpc) is 2.43. The van der Waals surface area contributed by atoms with Crippen LogP contribution in [0.4, 0.5) is 0 Å². The van der Waals surface area contributed by atoms with Crippen molar-refractivity contribution < 1.29 is 9.53 Å². The third-order valence-electron chi connectivity index (χ3n) is 2.92. The second kappa shape index (κ2) is 8.21. The lowest BCUT2D eigenvalue weighted by atomic mass is 10.1. The van der Waals surface area contributed by atoms with E-state index in [0.717, 1.165) is 11.3 Å². The molecule has 4 nitrogen and oxygen atoms in total. The van der Waals surface area contributed by atoms with Gasteiger partial charge in [-0.2, -0.15) is 5.26 Å². The van der Waals surface area contributed by atoms with Crippen LogP contribution in [-0.2, 0) is 11.2 Å². The van der Waals surface area contributed by atoms with Crippen molar-refractivity contribution in [1.82, 2.24) is 4.90 Å². The first-order chi connectivity index (χ1) is 9.56. The fraction of sp³-hybridized carbons (Fsp3) is 0.500. The Labute approximate surface area is 121 Å². The van der Waals surface area contributed by atoms with Crippen molar-refractivity contribution in [2.45, 2.75) is 26.7 Å². The summed E-state index contributed by atoms with van der Waals surface area (Å²) in [7, 11) is 1.61. The van der Waals surface area contributed by atoms with Gasteiger partial charge in [0.05, 0.1) is 26.0 Å². The number of ether oxygens (including phenoxy) is 1. The highest BCUT2D eigenvalue weighted by Gasteiger charge is 2.15. The Bertz CT molecular complexity index is 478. The molecule has 108 valence electrons. The van der Waals surface area contributed by atoms with Crippen LogP contribution in [0.2, 0.25) is 0 Å². The van der Waals surface area contributed by atoms with Gasteiger partial charge in [-0.1, -0.05) is 26.0 Å². The molecule has 1 aromatic rings. The van der Waals surface area contributed by atoms with Gasteiger partial charge in [-0.05, 0) is 23.6 Å². The van der Waals surface area contributed by atoms with Crippen LogP contribution >= 0.6 is 0 Å². The normalized spacial score (nSPS) is 10.2. The molecule has 0 aromatic heterocycles. The van der Waals surface area contributed by atoms with Gasteiger partial charge in [0.25, 0.3) is 0 Å². The molecule has 0 N–H and O–H groups in total. The Hall–Kier alpha value is -2.02. The van der Waals surface area contributed by atoms with Gasteiger partial charge in [0.15, 0.2) is 0 Å². The molecular formula is C16H22N2O2. The van der Waals surface area contributed by atoms with E-state index in [1.165, 1.54) is 0 Å². The molecule has 0 radical (unpaired) electrons. The van der Waals surface area contributed by atoms with E-state index in [9.17, 15) is 4.79 Å². The van der Waals surface area contributed by atoms with Gasteiger partial charge in [-0.15, -0.1) is 0 Å². The highest BCUT2D eigenvalue weighted by atomic mass is 16.5. The number of benzene rings is 1. The number of carbonyl (C=O) groups is 1. The maximum atomic E-state index is 12.3. The topological polar surface area (TPSA) is 53.3 Å². The van der Waals surface area contributed by atoms with Gasteiger partial charge in [-0.3, -0.25) is 4.79 Å². The van der Waals surface area contributed by atoms with E-state index in [0.29, 0.717) is 31.8 Å². The first-order valence-electron chi connectivity index (χ1n) is 6.84. The second-order valence-corrected chi connectivity index (χ2v) is 5.17. The Morgan fingerprint density at radius 1 is 1.45 bits per heavy atom. The molecule has 0 aliphatic heterocycles. The lowest BCUT2D eigenvalue weighted by Crippen LogP contribution is -2.36. The molecule has 0 fully saturated rings. The molecule has 0 spiro atoms. The molecular weight excluding hydrogens is 252 g/mol. The van der Waals surface area contributed by atoms with E-state index in [1.54, 1.807) is 12.0 Å². The highest BCUT2D eigenvalue weighted by molar-refractivity contribution is 5.78. The van der Waals surface area contributed by atoms with Gasteiger partial charge in [0.2, 0.25) is 5.91 Å². The minimum absolute atomic E-state index is 0.0576. The summed E-state index contributed by atoms with van der Waals surface area (Å²) in [5.74, 6) is 1.20. The highest BCUT2D eigenvalue weighted by Crippen LogP contribution is 2.14. The predicted molar refractivity (Wildman–Crippen MR) is 78.3 cm³/mol. The van der Waals surface area contributed by atoms with Crippen LogP contribution in [0.25, 0.3) is 0 Å². The minimum atomic E-state index is 0.0576. The third-order valence-corrected chi connectivity index (χ3v) is 2.92. The Morgan fingerprint density at radius 2 is 2.20 bits per heavy atom. The van der Waals surface area contributed by atoms with Crippen molar-refractivity contribution in [2.24, 2.45) is 5.92 Å². The van der Waals surface area contributed by atoms with Crippen LogP contribution < -0.4 is 4.74 Å². The zero-order valence-corrected chi connectivity index (χ0v) is 12.4. The number of nitrogens with zero attached hydrogens (tertiary/aromatic N) is 2. The van der Waals surface area contributed by atoms with Gasteiger partial charge < -0.3 is 9.64 Å². The average molecular weight is 274 g/mol. The SMILES string of the molecule is COc1cccc(CC(=O)N(CCC#N)CC(C)C)c1. The minimum Gasteiger partial charge on any atom is -0.497 e. The fourth-order valence-electron chi connectivity index (χ4n) is 2.01. The molecule has 0 bridgehead atoms. The van der Waals surface area contributed by atoms with Crippen LogP contribution in [0.1, 0.15) is 25.8 Å². The molecule has 1 amide bonds. The van der Waals surface area contributed by atoms with Crippen LogP contribution in [0.5, 0.6) is 5.75 Å². The van der Waals surface area contributed by atoms with E-state index >= 15 is 0 Å². The van der Waals surface area contributed by atoms with Crippen LogP contribution in [-0.4, -0.2) is 31.0 Å². The van der Waals surface area contributed by atoms with Crippen molar-refractivity contribution in [2.75, 3.05) is 20.2 Å². The van der Waals surface area contributed by atoms with Gasteiger partial charge >= 0.3 is 0 Å². The molecule has 0 atom stereocenters. The summed E-state index contributed by atoms with van der Waals surface area (Å²) in [4.78, 5) is 14.1. The molecule has 4 heteroatoms. The number of hydrogen-bond acceptors (Lipinski definition) is 3. The number of rotatable bonds is 7. The molecule has 20 heavy (non-hydrogen) atoms. The smallest absolute Gasteiger partial charge is 0.227 e. The molecule has 0 heterocycles. The molecule has 0 aliphatic carbocycles. The number of nitriles is 1. The monoisotopic (exact) mass is 274 g/mol. The predicted octanol–water partition coefficient (Wildman–Crippen LogP) is 2.64. The van der Waals surface area contributed by atoms with E-state index in [4.69, 9.17) is 10.00 Å². The lowest BCUT2D eigenvalue weighted by Gasteiger charge is -2.23. The van der Waals surface area contributed by atoms with Crippen molar-refractivity contribution in [3.05, 3.63) is 29.8 Å². The van der Waals surface area contributed by atoms with Crippen LogP contribution in [0.3, 0.4) is 0 Å². The van der Waals surface area contributed by atoms with E-state index in [2.05, 4.69) is 19.9 Å². The molecule has 0 unspecified atom stereocenters. The van der Waals surface area contributed by atoms with Gasteiger partial charge in [0, 0.05) is 13.1 Å². The van der Waals surface area contributed by atoms with Crippen molar-refractivity contribution >= 4 is 5.91 Å². The Balaban J connectivity index is 2.71. The van der Waals surface area contributed by atoms with E-state index in [1.807, 2.05) is 24.3 Å². The number of hydrogen-bond donors (Lipinski definition) is 0. The zero-order chi connectivity index (χ0) is 15.0. The molecule has 0 saturated carbocycles. The van der Waals surface area contributed by atoms with Crippen molar-refractivity contribution in [3.63, 3.8) is 0 Å². The number of methoxy groups -OCH3 is 1. The third kappa shape index (κ3) is 5.31. The van der Waals surface area contributed by atoms with Gasteiger partial charge in [0.1, 0.15) is 5.75 Å². The quantitative estimate of drug-likeness (QED) is 0.768. The summed E-state index contributed by atoms with van der Waals surface area (Å²) >= 11 is 0. The fourth-order valence-corrected chi connectivity index (χ4v) is 2.01. The first-order valence-corrected chi connectivity index (χ1v) is 6.84. The lowest BCUT2D eigenvalue weighted by molar-refractivity contribution is -0.130. The molecule has 1 aromatic carbocycles.